The van der Waals surface area contributed by atoms with E-state index >= 15 is 0 Å². The second kappa shape index (κ2) is 6.68. The van der Waals surface area contributed by atoms with E-state index in [-0.39, 0.29) is 29.3 Å². The lowest BCUT2D eigenvalue weighted by molar-refractivity contribution is -0.384. The van der Waals surface area contributed by atoms with Crippen LogP contribution in [0.5, 0.6) is 0 Å². The summed E-state index contributed by atoms with van der Waals surface area (Å²) >= 11 is 0. The average Bonchev–Trinajstić information content (AvgIpc) is 3.08. The van der Waals surface area contributed by atoms with E-state index in [1.165, 1.54) is 30.5 Å². The molecule has 2 amide bonds. The van der Waals surface area contributed by atoms with E-state index in [1.807, 2.05) is 24.3 Å². The molecule has 0 N–H and O–H groups in total. The molecule has 2 atom stereocenters. The van der Waals surface area contributed by atoms with Crippen molar-refractivity contribution in [3.8, 4) is 0 Å². The Bertz CT molecular complexity index is 1220. The Labute approximate surface area is 183 Å². The standard InChI is InChI=1S/C25H17N3O4/c29-24-22-20-16-5-1-2-6-17(16)21(19-8-4-3-7-18(19)20)23(22)25(30)27(24)26-13-14-9-11-15(12-10-14)28(31)32/h1-13,20-23H/b26-13-/t20?,21?,22-,23-/m0/s1. The topological polar surface area (TPSA) is 92.9 Å². The van der Waals surface area contributed by atoms with Crippen molar-refractivity contribution in [3.05, 3.63) is 111 Å². The number of hydrogen-bond donors (Lipinski definition) is 0. The molecule has 1 fully saturated rings. The van der Waals surface area contributed by atoms with Crippen LogP contribution in [0.15, 0.2) is 77.9 Å². The largest absolute Gasteiger partial charge is 0.272 e. The van der Waals surface area contributed by atoms with Gasteiger partial charge in [0, 0.05) is 24.0 Å². The van der Waals surface area contributed by atoms with Gasteiger partial charge in [-0.2, -0.15) is 10.1 Å². The highest BCUT2D eigenvalue weighted by atomic mass is 16.6. The molecule has 0 unspecified atom stereocenters. The predicted octanol–water partition coefficient (Wildman–Crippen LogP) is 3.82. The van der Waals surface area contributed by atoms with E-state index in [2.05, 4.69) is 29.4 Å². The highest BCUT2D eigenvalue weighted by molar-refractivity contribution is 6.08. The normalized spacial score (nSPS) is 25.1. The summed E-state index contributed by atoms with van der Waals surface area (Å²) in [5.74, 6) is -1.89. The summed E-state index contributed by atoms with van der Waals surface area (Å²) in [5, 5.41) is 16.0. The van der Waals surface area contributed by atoms with Gasteiger partial charge in [-0.05, 0) is 39.9 Å². The van der Waals surface area contributed by atoms with Crippen molar-refractivity contribution in [2.45, 2.75) is 11.8 Å². The fourth-order valence-corrected chi connectivity index (χ4v) is 5.58. The van der Waals surface area contributed by atoms with Crippen molar-refractivity contribution in [2.75, 3.05) is 0 Å². The number of rotatable bonds is 3. The molecule has 4 aliphatic rings. The van der Waals surface area contributed by atoms with Gasteiger partial charge in [-0.3, -0.25) is 19.7 Å². The van der Waals surface area contributed by atoms with Crippen molar-refractivity contribution in [3.63, 3.8) is 0 Å². The molecule has 1 heterocycles. The molecule has 3 aromatic rings. The fraction of sp³-hybridized carbons (Fsp3) is 0.160. The zero-order valence-corrected chi connectivity index (χ0v) is 16.8. The summed E-state index contributed by atoms with van der Waals surface area (Å²) in [6.45, 7) is 0. The van der Waals surface area contributed by atoms with Crippen molar-refractivity contribution in [2.24, 2.45) is 16.9 Å². The number of carbonyl (C=O) groups is 2. The molecule has 2 bridgehead atoms. The van der Waals surface area contributed by atoms with Gasteiger partial charge in [0.05, 0.1) is 23.0 Å². The second-order valence-electron chi connectivity index (χ2n) is 8.35. The molecule has 0 radical (unpaired) electrons. The van der Waals surface area contributed by atoms with E-state index in [4.69, 9.17) is 0 Å². The van der Waals surface area contributed by atoms with Gasteiger partial charge in [0.2, 0.25) is 0 Å². The minimum Gasteiger partial charge on any atom is -0.272 e. The molecule has 156 valence electrons. The van der Waals surface area contributed by atoms with Gasteiger partial charge in [-0.25, -0.2) is 0 Å². The van der Waals surface area contributed by atoms with Gasteiger partial charge in [-0.15, -0.1) is 0 Å². The summed E-state index contributed by atoms with van der Waals surface area (Å²) < 4.78 is 0. The number of imide groups is 1. The molecule has 3 aliphatic carbocycles. The van der Waals surface area contributed by atoms with Crippen LogP contribution in [0, 0.1) is 22.0 Å². The smallest absolute Gasteiger partial charge is 0.269 e. The van der Waals surface area contributed by atoms with Gasteiger partial charge in [0.15, 0.2) is 0 Å². The Kier molecular flexibility index (Phi) is 3.89. The molecule has 0 spiro atoms. The van der Waals surface area contributed by atoms with Crippen LogP contribution in [0.3, 0.4) is 0 Å². The van der Waals surface area contributed by atoms with Gasteiger partial charge in [0.25, 0.3) is 17.5 Å². The Hall–Kier alpha value is -4.13. The van der Waals surface area contributed by atoms with E-state index < -0.39 is 16.8 Å². The third-order valence-electron chi connectivity index (χ3n) is 6.85. The number of hydrogen-bond acceptors (Lipinski definition) is 5. The summed E-state index contributed by atoms with van der Waals surface area (Å²) in [5.41, 5.74) is 4.98. The maximum absolute atomic E-state index is 13.4. The monoisotopic (exact) mass is 423 g/mol. The minimum absolute atomic E-state index is 0.0337. The Morgan fingerprint density at radius 3 is 1.59 bits per heavy atom. The van der Waals surface area contributed by atoms with E-state index in [0.29, 0.717) is 5.56 Å². The van der Waals surface area contributed by atoms with Crippen LogP contribution in [0.4, 0.5) is 5.69 Å². The summed E-state index contributed by atoms with van der Waals surface area (Å²) in [7, 11) is 0. The molecular weight excluding hydrogens is 406 g/mol. The number of nitro benzene ring substituents is 1. The van der Waals surface area contributed by atoms with Gasteiger partial charge in [-0.1, -0.05) is 48.5 Å². The molecule has 1 aliphatic heterocycles. The van der Waals surface area contributed by atoms with Gasteiger partial charge < -0.3 is 0 Å². The van der Waals surface area contributed by atoms with E-state index in [1.54, 1.807) is 0 Å². The van der Waals surface area contributed by atoms with Crippen LogP contribution in [-0.2, 0) is 9.59 Å². The van der Waals surface area contributed by atoms with E-state index in [0.717, 1.165) is 27.3 Å². The first-order valence-corrected chi connectivity index (χ1v) is 10.4. The Balaban J connectivity index is 1.40. The average molecular weight is 423 g/mol. The van der Waals surface area contributed by atoms with Crippen LogP contribution in [0.25, 0.3) is 0 Å². The van der Waals surface area contributed by atoms with Crippen LogP contribution in [0.1, 0.15) is 39.7 Å². The van der Waals surface area contributed by atoms with Crippen molar-refractivity contribution >= 4 is 23.7 Å². The number of nitrogens with zero attached hydrogens (tertiary/aromatic N) is 3. The molecule has 32 heavy (non-hydrogen) atoms. The van der Waals surface area contributed by atoms with Crippen LogP contribution in [-0.4, -0.2) is 28.0 Å². The lowest BCUT2D eigenvalue weighted by Gasteiger charge is -2.45. The number of hydrazone groups is 1. The molecule has 0 saturated carbocycles. The van der Waals surface area contributed by atoms with Crippen LogP contribution in [0.2, 0.25) is 0 Å². The predicted molar refractivity (Wildman–Crippen MR) is 116 cm³/mol. The fourth-order valence-electron chi connectivity index (χ4n) is 5.58. The number of nitro groups is 1. The molecule has 7 nitrogen and oxygen atoms in total. The molecule has 1 saturated heterocycles. The van der Waals surface area contributed by atoms with Gasteiger partial charge in [0.1, 0.15) is 0 Å². The van der Waals surface area contributed by atoms with Crippen LogP contribution < -0.4 is 0 Å². The molecule has 3 aromatic carbocycles. The maximum atomic E-state index is 13.4. The first-order valence-electron chi connectivity index (χ1n) is 10.4. The number of carbonyl (C=O) groups excluding carboxylic acids is 2. The zero-order valence-electron chi connectivity index (χ0n) is 16.8. The van der Waals surface area contributed by atoms with E-state index in [9.17, 15) is 19.7 Å². The number of amides is 2. The molecule has 0 aromatic heterocycles. The van der Waals surface area contributed by atoms with Crippen molar-refractivity contribution in [1.29, 1.82) is 0 Å². The lowest BCUT2D eigenvalue weighted by atomic mass is 9.55. The molecular formula is C25H17N3O4. The highest BCUT2D eigenvalue weighted by Gasteiger charge is 2.61. The van der Waals surface area contributed by atoms with Gasteiger partial charge >= 0.3 is 0 Å². The summed E-state index contributed by atoms with van der Waals surface area (Å²) in [6, 6.07) is 21.9. The van der Waals surface area contributed by atoms with Crippen LogP contribution >= 0.6 is 0 Å². The molecule has 7 heteroatoms. The third kappa shape index (κ3) is 2.45. The molecule has 7 rings (SSSR count). The minimum atomic E-state index is -0.482. The van der Waals surface area contributed by atoms with Crippen molar-refractivity contribution < 1.29 is 14.5 Å². The summed E-state index contributed by atoms with van der Waals surface area (Å²) in [6.07, 6.45) is 1.40. The Morgan fingerprint density at radius 2 is 1.19 bits per heavy atom. The quantitative estimate of drug-likeness (QED) is 0.277. The van der Waals surface area contributed by atoms with Crippen molar-refractivity contribution in [1.82, 2.24) is 5.01 Å². The first kappa shape index (κ1) is 18.6. The lowest BCUT2D eigenvalue weighted by Crippen LogP contribution is -2.41. The Morgan fingerprint density at radius 1 is 0.750 bits per heavy atom. The first-order chi connectivity index (χ1) is 15.6. The SMILES string of the molecule is O=C1[C@H]2C3c4ccccc4C(c4ccccc43)[C@@H]2C(=O)N1/N=C\c1ccc([N+](=O)[O-])cc1. The summed E-state index contributed by atoms with van der Waals surface area (Å²) in [4.78, 5) is 37.2. The number of non-ortho nitro benzene ring substituents is 1. The maximum Gasteiger partial charge on any atom is 0.269 e. The third-order valence-corrected chi connectivity index (χ3v) is 6.85. The number of benzene rings is 3. The highest BCUT2D eigenvalue weighted by Crippen LogP contribution is 2.60. The zero-order chi connectivity index (χ0) is 22.0. The second-order valence-corrected chi connectivity index (χ2v) is 8.35.